The van der Waals surface area contributed by atoms with Gasteiger partial charge in [-0.05, 0) is 12.1 Å². The SMILES string of the molecule is NC(=O)c1ccc(-n2cc(Cl)c(N)n2)nn1. The lowest BCUT2D eigenvalue weighted by Crippen LogP contribution is -2.14. The largest absolute Gasteiger partial charge is 0.381 e. The number of nitrogen functional groups attached to an aromatic ring is 1. The zero-order chi connectivity index (χ0) is 11.7. The van der Waals surface area contributed by atoms with E-state index in [1.165, 1.54) is 23.0 Å². The molecule has 0 unspecified atom stereocenters. The van der Waals surface area contributed by atoms with Crippen molar-refractivity contribution in [3.05, 3.63) is 29.0 Å². The molecular weight excluding hydrogens is 232 g/mol. The molecule has 0 saturated heterocycles. The fourth-order valence-electron chi connectivity index (χ4n) is 1.06. The molecule has 4 N–H and O–H groups in total. The van der Waals surface area contributed by atoms with Crippen LogP contribution in [-0.2, 0) is 0 Å². The molecule has 0 saturated carbocycles. The van der Waals surface area contributed by atoms with E-state index in [1.54, 1.807) is 0 Å². The quantitative estimate of drug-likeness (QED) is 0.764. The van der Waals surface area contributed by atoms with E-state index in [9.17, 15) is 4.79 Å². The van der Waals surface area contributed by atoms with E-state index in [0.29, 0.717) is 10.8 Å². The maximum Gasteiger partial charge on any atom is 0.269 e. The Hall–Kier alpha value is -2.15. The summed E-state index contributed by atoms with van der Waals surface area (Å²) in [5.41, 5.74) is 10.6. The molecule has 7 nitrogen and oxygen atoms in total. The van der Waals surface area contributed by atoms with Gasteiger partial charge in [0.2, 0.25) is 0 Å². The number of hydrogen-bond donors (Lipinski definition) is 2. The fourth-order valence-corrected chi connectivity index (χ4v) is 1.19. The third-order valence-electron chi connectivity index (χ3n) is 1.83. The molecule has 0 aliphatic heterocycles. The second-order valence-electron chi connectivity index (χ2n) is 2.95. The van der Waals surface area contributed by atoms with E-state index in [-0.39, 0.29) is 11.5 Å². The molecule has 2 aromatic rings. The van der Waals surface area contributed by atoms with Crippen molar-refractivity contribution in [2.75, 3.05) is 5.73 Å². The van der Waals surface area contributed by atoms with Gasteiger partial charge in [-0.2, -0.15) is 0 Å². The lowest BCUT2D eigenvalue weighted by atomic mass is 10.4. The van der Waals surface area contributed by atoms with Crippen molar-refractivity contribution in [2.45, 2.75) is 0 Å². The average molecular weight is 239 g/mol. The van der Waals surface area contributed by atoms with Crippen LogP contribution in [0.5, 0.6) is 0 Å². The number of carbonyl (C=O) groups excluding carboxylic acids is 1. The van der Waals surface area contributed by atoms with Gasteiger partial charge >= 0.3 is 0 Å². The molecule has 0 fully saturated rings. The Balaban J connectivity index is 2.38. The van der Waals surface area contributed by atoms with Crippen LogP contribution in [0.25, 0.3) is 5.82 Å². The highest BCUT2D eigenvalue weighted by Gasteiger charge is 2.07. The number of rotatable bonds is 2. The molecule has 0 bridgehead atoms. The number of amides is 1. The van der Waals surface area contributed by atoms with Crippen LogP contribution in [0.15, 0.2) is 18.3 Å². The highest BCUT2D eigenvalue weighted by Crippen LogP contribution is 2.17. The van der Waals surface area contributed by atoms with Gasteiger partial charge in [-0.3, -0.25) is 4.79 Å². The first kappa shape index (κ1) is 10.4. The number of hydrogen-bond acceptors (Lipinski definition) is 5. The predicted molar refractivity (Wildman–Crippen MR) is 57.1 cm³/mol. The lowest BCUT2D eigenvalue weighted by Gasteiger charge is -1.98. The maximum atomic E-state index is 10.8. The minimum Gasteiger partial charge on any atom is -0.381 e. The normalized spacial score (nSPS) is 10.3. The van der Waals surface area contributed by atoms with Crippen LogP contribution in [0.1, 0.15) is 10.5 Å². The van der Waals surface area contributed by atoms with Crippen LogP contribution in [-0.4, -0.2) is 25.9 Å². The van der Waals surface area contributed by atoms with E-state index in [4.69, 9.17) is 23.1 Å². The van der Waals surface area contributed by atoms with Gasteiger partial charge in [0.1, 0.15) is 5.02 Å². The third-order valence-corrected chi connectivity index (χ3v) is 2.12. The minimum atomic E-state index is -0.642. The molecule has 8 heteroatoms. The number of aromatic nitrogens is 4. The summed E-state index contributed by atoms with van der Waals surface area (Å²) in [5, 5.41) is 11.6. The summed E-state index contributed by atoms with van der Waals surface area (Å²) in [6.07, 6.45) is 1.49. The van der Waals surface area contributed by atoms with Crippen molar-refractivity contribution in [1.29, 1.82) is 0 Å². The molecule has 0 radical (unpaired) electrons. The summed E-state index contributed by atoms with van der Waals surface area (Å²) in [6.45, 7) is 0. The Morgan fingerprint density at radius 2 is 2.12 bits per heavy atom. The smallest absolute Gasteiger partial charge is 0.269 e. The van der Waals surface area contributed by atoms with Gasteiger partial charge < -0.3 is 11.5 Å². The molecule has 0 spiro atoms. The van der Waals surface area contributed by atoms with Gasteiger partial charge in [-0.1, -0.05) is 11.6 Å². The van der Waals surface area contributed by atoms with Gasteiger partial charge in [-0.25, -0.2) is 4.68 Å². The molecule has 0 aliphatic carbocycles. The van der Waals surface area contributed by atoms with Crippen molar-refractivity contribution in [3.63, 3.8) is 0 Å². The summed E-state index contributed by atoms with van der Waals surface area (Å²) in [4.78, 5) is 10.8. The molecule has 82 valence electrons. The predicted octanol–water partition coefficient (Wildman–Crippen LogP) is -0.00320. The van der Waals surface area contributed by atoms with Crippen molar-refractivity contribution in [3.8, 4) is 5.82 Å². The third kappa shape index (κ3) is 1.80. The van der Waals surface area contributed by atoms with Crippen LogP contribution < -0.4 is 11.5 Å². The highest BCUT2D eigenvalue weighted by atomic mass is 35.5. The Labute approximate surface area is 95.0 Å². The molecule has 0 atom stereocenters. The highest BCUT2D eigenvalue weighted by molar-refractivity contribution is 6.32. The molecule has 2 aromatic heterocycles. The van der Waals surface area contributed by atoms with Crippen molar-refractivity contribution in [2.24, 2.45) is 5.73 Å². The summed E-state index contributed by atoms with van der Waals surface area (Å²) in [6, 6.07) is 2.98. The summed E-state index contributed by atoms with van der Waals surface area (Å²) in [5.74, 6) is -0.0527. The van der Waals surface area contributed by atoms with E-state index in [1.807, 2.05) is 0 Å². The van der Waals surface area contributed by atoms with Gasteiger partial charge in [0.15, 0.2) is 17.3 Å². The first-order valence-electron chi connectivity index (χ1n) is 4.22. The monoisotopic (exact) mass is 238 g/mol. The number of primary amides is 1. The molecule has 2 heterocycles. The van der Waals surface area contributed by atoms with Gasteiger partial charge in [-0.15, -0.1) is 15.3 Å². The summed E-state index contributed by atoms with van der Waals surface area (Å²) >= 11 is 5.73. The average Bonchev–Trinajstić information content (AvgIpc) is 2.59. The number of nitrogens with zero attached hydrogens (tertiary/aromatic N) is 4. The molecule has 2 rings (SSSR count). The summed E-state index contributed by atoms with van der Waals surface area (Å²) < 4.78 is 1.36. The van der Waals surface area contributed by atoms with Gasteiger partial charge in [0.05, 0.1) is 6.20 Å². The molecule has 1 amide bonds. The van der Waals surface area contributed by atoms with Crippen LogP contribution in [0.2, 0.25) is 5.02 Å². The second kappa shape index (κ2) is 3.78. The first-order chi connectivity index (χ1) is 7.58. The Kier molecular flexibility index (Phi) is 2.45. The van der Waals surface area contributed by atoms with E-state index >= 15 is 0 Å². The van der Waals surface area contributed by atoms with Gasteiger partial charge in [0, 0.05) is 0 Å². The summed E-state index contributed by atoms with van der Waals surface area (Å²) in [7, 11) is 0. The molecule has 0 aliphatic rings. The van der Waals surface area contributed by atoms with Gasteiger partial charge in [0.25, 0.3) is 5.91 Å². The molecule has 0 aromatic carbocycles. The van der Waals surface area contributed by atoms with Crippen LogP contribution in [0, 0.1) is 0 Å². The number of nitrogens with two attached hydrogens (primary N) is 2. The first-order valence-corrected chi connectivity index (χ1v) is 4.60. The van der Waals surface area contributed by atoms with Crippen LogP contribution in [0.3, 0.4) is 0 Å². The zero-order valence-electron chi connectivity index (χ0n) is 7.96. The van der Waals surface area contributed by atoms with Crippen LogP contribution >= 0.6 is 11.6 Å². The maximum absolute atomic E-state index is 10.8. The Morgan fingerprint density at radius 1 is 1.38 bits per heavy atom. The zero-order valence-corrected chi connectivity index (χ0v) is 8.72. The van der Waals surface area contributed by atoms with Crippen molar-refractivity contribution in [1.82, 2.24) is 20.0 Å². The molecule has 16 heavy (non-hydrogen) atoms. The standard InChI is InChI=1S/C8H7ClN6O/c9-4-3-15(14-7(4)10)6-2-1-5(8(11)16)12-13-6/h1-3H,(H2,10,14)(H2,11,16). The van der Waals surface area contributed by atoms with Crippen LogP contribution in [0.4, 0.5) is 5.82 Å². The van der Waals surface area contributed by atoms with E-state index in [2.05, 4.69) is 15.3 Å². The minimum absolute atomic E-state index is 0.0787. The Bertz CT molecular complexity index is 514. The molecular formula is C8H7ClN6O. The fraction of sp³-hybridized carbons (Fsp3) is 0. The lowest BCUT2D eigenvalue weighted by molar-refractivity contribution is 0.0994. The number of anilines is 1. The van der Waals surface area contributed by atoms with Crippen molar-refractivity contribution >= 4 is 23.3 Å². The van der Waals surface area contributed by atoms with E-state index < -0.39 is 5.91 Å². The number of carbonyl (C=O) groups is 1. The van der Waals surface area contributed by atoms with Crippen molar-refractivity contribution < 1.29 is 4.79 Å². The second-order valence-corrected chi connectivity index (χ2v) is 3.36. The topological polar surface area (TPSA) is 113 Å². The number of halogens is 1. The van der Waals surface area contributed by atoms with E-state index in [0.717, 1.165) is 0 Å². The Morgan fingerprint density at radius 3 is 2.56 bits per heavy atom.